The average molecular weight is 515 g/mol. The van der Waals surface area contributed by atoms with Gasteiger partial charge in [0.15, 0.2) is 23.1 Å². The number of benzene rings is 2. The summed E-state index contributed by atoms with van der Waals surface area (Å²) in [5.74, 6) is -3.23. The van der Waals surface area contributed by atoms with Crippen molar-refractivity contribution >= 4 is 17.6 Å². The molecule has 0 saturated heterocycles. The minimum atomic E-state index is -1.09. The van der Waals surface area contributed by atoms with Gasteiger partial charge in [0, 0.05) is 23.2 Å². The Kier molecular flexibility index (Phi) is 8.15. The van der Waals surface area contributed by atoms with Crippen LogP contribution in [-0.4, -0.2) is 52.5 Å². The highest BCUT2D eigenvalue weighted by Crippen LogP contribution is 2.41. The molecule has 8 nitrogen and oxygen atoms in total. The molecular weight excluding hydrogens is 479 g/mol. The SMILES string of the molecule is CCOc1cc2c(c(F)c1OCC)C(=N)N(CC(=O)c1cc(C(CC)C(=O)O)c(O)c(C(C)(C)C)c1)C2. The summed E-state index contributed by atoms with van der Waals surface area (Å²) in [4.78, 5) is 26.8. The number of nitrogens with zero attached hydrogens (tertiary/aromatic N) is 1. The van der Waals surface area contributed by atoms with Crippen LogP contribution in [0.3, 0.4) is 0 Å². The number of ketones is 1. The molecule has 0 aromatic heterocycles. The van der Waals surface area contributed by atoms with Gasteiger partial charge < -0.3 is 24.6 Å². The highest BCUT2D eigenvalue weighted by atomic mass is 19.1. The molecule has 0 aliphatic carbocycles. The standard InChI is InChI=1S/C28H35FN2O6/c1-7-17(27(34)35)18-10-15(11-19(24(18)33)28(4,5)6)20(32)14-31-13-16-12-21(36-8-2)25(37-9-3)23(29)22(16)26(31)30/h10-12,17,30,33H,7-9,13-14H2,1-6H3,(H,34,35). The first-order chi connectivity index (χ1) is 17.3. The summed E-state index contributed by atoms with van der Waals surface area (Å²) in [5.41, 5.74) is 0.892. The zero-order valence-corrected chi connectivity index (χ0v) is 22.2. The first-order valence-corrected chi connectivity index (χ1v) is 12.4. The molecule has 1 unspecified atom stereocenters. The summed E-state index contributed by atoms with van der Waals surface area (Å²) in [6.45, 7) is 11.2. The van der Waals surface area contributed by atoms with Crippen LogP contribution in [-0.2, 0) is 16.8 Å². The van der Waals surface area contributed by atoms with Gasteiger partial charge in [-0.05, 0) is 49.4 Å². The molecule has 3 rings (SSSR count). The maximum atomic E-state index is 15.4. The van der Waals surface area contributed by atoms with Gasteiger partial charge in [-0.1, -0.05) is 27.7 Å². The maximum absolute atomic E-state index is 15.4. The number of carbonyl (C=O) groups excluding carboxylic acids is 1. The molecule has 200 valence electrons. The number of aromatic hydroxyl groups is 1. The van der Waals surface area contributed by atoms with Gasteiger partial charge in [0.1, 0.15) is 11.6 Å². The summed E-state index contributed by atoms with van der Waals surface area (Å²) in [6.07, 6.45) is 0.236. The first kappa shape index (κ1) is 28.0. The van der Waals surface area contributed by atoms with E-state index in [0.717, 1.165) is 0 Å². The van der Waals surface area contributed by atoms with E-state index in [1.54, 1.807) is 32.9 Å². The summed E-state index contributed by atoms with van der Waals surface area (Å²) < 4.78 is 26.4. The van der Waals surface area contributed by atoms with Crippen molar-refractivity contribution in [2.75, 3.05) is 19.8 Å². The predicted octanol–water partition coefficient (Wildman–Crippen LogP) is 5.23. The average Bonchev–Trinajstić information content (AvgIpc) is 3.11. The number of phenolic OH excluding ortho intramolecular Hbond substituents is 1. The van der Waals surface area contributed by atoms with Gasteiger partial charge in [-0.15, -0.1) is 0 Å². The van der Waals surface area contributed by atoms with E-state index in [2.05, 4.69) is 0 Å². The highest BCUT2D eigenvalue weighted by molar-refractivity contribution is 6.06. The van der Waals surface area contributed by atoms with E-state index in [9.17, 15) is 19.8 Å². The number of nitrogens with one attached hydrogen (secondary N) is 1. The molecule has 0 amide bonds. The molecule has 0 bridgehead atoms. The lowest BCUT2D eigenvalue weighted by Gasteiger charge is -2.25. The Morgan fingerprint density at radius 3 is 2.32 bits per heavy atom. The van der Waals surface area contributed by atoms with E-state index < -0.39 is 23.1 Å². The number of carbonyl (C=O) groups is 2. The molecule has 37 heavy (non-hydrogen) atoms. The Bertz CT molecular complexity index is 1230. The molecular formula is C28H35FN2O6. The number of ether oxygens (including phenoxy) is 2. The largest absolute Gasteiger partial charge is 0.507 e. The lowest BCUT2D eigenvalue weighted by Crippen LogP contribution is -2.31. The van der Waals surface area contributed by atoms with Gasteiger partial charge in [-0.25, -0.2) is 4.39 Å². The lowest BCUT2D eigenvalue weighted by molar-refractivity contribution is -0.138. The third kappa shape index (κ3) is 5.40. The summed E-state index contributed by atoms with van der Waals surface area (Å²) in [7, 11) is 0. The molecule has 0 saturated carbocycles. The zero-order valence-electron chi connectivity index (χ0n) is 22.2. The van der Waals surface area contributed by atoms with Crippen LogP contribution < -0.4 is 9.47 Å². The number of halogens is 1. The Morgan fingerprint density at radius 2 is 1.78 bits per heavy atom. The Balaban J connectivity index is 1.99. The fourth-order valence-corrected chi connectivity index (χ4v) is 4.61. The quantitative estimate of drug-likeness (QED) is 0.371. The molecule has 0 spiro atoms. The number of carboxylic acid groups (broad SMARTS) is 1. The fraction of sp³-hybridized carbons (Fsp3) is 0.464. The van der Waals surface area contributed by atoms with E-state index in [4.69, 9.17) is 14.9 Å². The van der Waals surface area contributed by atoms with Crippen molar-refractivity contribution in [2.45, 2.75) is 65.8 Å². The first-order valence-electron chi connectivity index (χ1n) is 12.4. The van der Waals surface area contributed by atoms with Crippen LogP contribution in [0.4, 0.5) is 4.39 Å². The molecule has 0 radical (unpaired) electrons. The molecule has 1 aliphatic rings. The number of aliphatic carboxylic acids is 1. The second-order valence-corrected chi connectivity index (χ2v) is 10.1. The van der Waals surface area contributed by atoms with Crippen molar-refractivity contribution in [3.63, 3.8) is 0 Å². The smallest absolute Gasteiger partial charge is 0.311 e. The summed E-state index contributed by atoms with van der Waals surface area (Å²) >= 11 is 0. The van der Waals surface area contributed by atoms with Gasteiger partial charge in [0.05, 0.1) is 31.2 Å². The minimum absolute atomic E-state index is 0.0571. The number of hydrogen-bond acceptors (Lipinski definition) is 6. The van der Waals surface area contributed by atoms with Gasteiger partial charge in [-0.2, -0.15) is 0 Å². The number of hydrogen-bond donors (Lipinski definition) is 3. The second-order valence-electron chi connectivity index (χ2n) is 10.1. The second kappa shape index (κ2) is 10.8. The van der Waals surface area contributed by atoms with Crippen molar-refractivity contribution in [2.24, 2.45) is 0 Å². The molecule has 0 fully saturated rings. The van der Waals surface area contributed by atoms with E-state index in [0.29, 0.717) is 17.7 Å². The Morgan fingerprint density at radius 1 is 1.14 bits per heavy atom. The van der Waals surface area contributed by atoms with E-state index in [-0.39, 0.29) is 71.7 Å². The van der Waals surface area contributed by atoms with E-state index >= 15 is 4.39 Å². The zero-order chi connectivity index (χ0) is 27.7. The fourth-order valence-electron chi connectivity index (χ4n) is 4.61. The molecule has 1 heterocycles. The van der Waals surface area contributed by atoms with Gasteiger partial charge in [0.25, 0.3) is 0 Å². The highest BCUT2D eigenvalue weighted by Gasteiger charge is 2.34. The topological polar surface area (TPSA) is 120 Å². The van der Waals surface area contributed by atoms with Gasteiger partial charge in [0.2, 0.25) is 0 Å². The van der Waals surface area contributed by atoms with Crippen molar-refractivity contribution in [1.82, 2.24) is 4.90 Å². The molecule has 1 aliphatic heterocycles. The molecule has 2 aromatic rings. The van der Waals surface area contributed by atoms with Crippen LogP contribution >= 0.6 is 0 Å². The van der Waals surface area contributed by atoms with E-state index in [1.807, 2.05) is 20.8 Å². The lowest BCUT2D eigenvalue weighted by atomic mass is 9.81. The van der Waals surface area contributed by atoms with Crippen molar-refractivity contribution in [3.8, 4) is 17.2 Å². The molecule has 9 heteroatoms. The molecule has 3 N–H and O–H groups in total. The summed E-state index contributed by atoms with van der Waals surface area (Å²) in [6, 6.07) is 4.63. The summed E-state index contributed by atoms with van der Waals surface area (Å²) in [5, 5.41) is 29.2. The van der Waals surface area contributed by atoms with Gasteiger partial charge >= 0.3 is 5.97 Å². The number of amidine groups is 1. The Labute approximate surface area is 216 Å². The molecule has 2 aromatic carbocycles. The monoisotopic (exact) mass is 514 g/mol. The predicted molar refractivity (Wildman–Crippen MR) is 138 cm³/mol. The van der Waals surface area contributed by atoms with Crippen molar-refractivity contribution < 1.29 is 33.7 Å². The van der Waals surface area contributed by atoms with Crippen molar-refractivity contribution in [3.05, 3.63) is 51.8 Å². The van der Waals surface area contributed by atoms with Crippen LogP contribution in [0.2, 0.25) is 0 Å². The maximum Gasteiger partial charge on any atom is 0.311 e. The minimum Gasteiger partial charge on any atom is -0.507 e. The number of phenols is 1. The number of fused-ring (bicyclic) bond motifs is 1. The van der Waals surface area contributed by atoms with Crippen LogP contribution in [0.15, 0.2) is 18.2 Å². The number of rotatable bonds is 10. The normalized spacial score (nSPS) is 13.9. The van der Waals surface area contributed by atoms with E-state index in [1.165, 1.54) is 11.0 Å². The number of Topliss-reactive ketones (excluding diaryl/α,β-unsaturated/α-hetero) is 1. The van der Waals surface area contributed by atoms with Crippen LogP contribution in [0.25, 0.3) is 0 Å². The number of carboxylic acids is 1. The van der Waals surface area contributed by atoms with Crippen LogP contribution in [0.5, 0.6) is 17.2 Å². The Hall–Kier alpha value is -3.62. The third-order valence-electron chi connectivity index (χ3n) is 6.46. The van der Waals surface area contributed by atoms with Crippen LogP contribution in [0.1, 0.15) is 86.5 Å². The van der Waals surface area contributed by atoms with Crippen molar-refractivity contribution in [1.29, 1.82) is 5.41 Å². The third-order valence-corrected chi connectivity index (χ3v) is 6.46. The van der Waals surface area contributed by atoms with Gasteiger partial charge in [-0.3, -0.25) is 15.0 Å². The molecule has 1 atom stereocenters. The van der Waals surface area contributed by atoms with Crippen LogP contribution in [0, 0.1) is 11.2 Å².